The molecule has 2 rings (SSSR count). The molecular formula is C14H14O2. The molecule has 2 aromatic rings. The molecule has 2 heteroatoms. The number of benzene rings is 2. The maximum atomic E-state index is 9.21. The molecule has 0 saturated carbocycles. The van der Waals surface area contributed by atoms with Gasteiger partial charge in [0.25, 0.3) is 0 Å². The van der Waals surface area contributed by atoms with Crippen molar-refractivity contribution in [2.75, 3.05) is 0 Å². The molecule has 0 aliphatic rings. The third kappa shape index (κ3) is 2.16. The van der Waals surface area contributed by atoms with Gasteiger partial charge in [0, 0.05) is 5.92 Å². The minimum absolute atomic E-state index is 0.251. The van der Waals surface area contributed by atoms with Gasteiger partial charge in [0.2, 0.25) is 0 Å². The molecule has 0 amide bonds. The summed E-state index contributed by atoms with van der Waals surface area (Å²) in [5.74, 6) is 0.810. The van der Waals surface area contributed by atoms with Crippen molar-refractivity contribution < 1.29 is 10.2 Å². The van der Waals surface area contributed by atoms with E-state index in [0.29, 0.717) is 0 Å². The van der Waals surface area contributed by atoms with Crippen molar-refractivity contribution in [1.82, 2.24) is 0 Å². The summed E-state index contributed by atoms with van der Waals surface area (Å²) in [5, 5.41) is 18.4. The second kappa shape index (κ2) is 4.27. The number of hydrogen-bond acceptors (Lipinski definition) is 2. The van der Waals surface area contributed by atoms with Crippen molar-refractivity contribution in [2.45, 2.75) is 12.8 Å². The van der Waals surface area contributed by atoms with Gasteiger partial charge in [0.15, 0.2) is 0 Å². The predicted octanol–water partition coefficient (Wildman–Crippen LogP) is 3.25. The van der Waals surface area contributed by atoms with E-state index in [9.17, 15) is 10.2 Å². The van der Waals surface area contributed by atoms with E-state index < -0.39 is 0 Å². The first-order chi connectivity index (χ1) is 7.66. The lowest BCUT2D eigenvalue weighted by Crippen LogP contribution is -1.94. The van der Waals surface area contributed by atoms with Gasteiger partial charge >= 0.3 is 0 Å². The average molecular weight is 214 g/mol. The van der Waals surface area contributed by atoms with Crippen LogP contribution in [0, 0.1) is 0 Å². The van der Waals surface area contributed by atoms with Crippen LogP contribution in [-0.2, 0) is 0 Å². The van der Waals surface area contributed by atoms with Gasteiger partial charge in [0.05, 0.1) is 0 Å². The van der Waals surface area contributed by atoms with Gasteiger partial charge in [-0.15, -0.1) is 0 Å². The molecule has 0 unspecified atom stereocenters. The minimum atomic E-state index is 0.251. The Hall–Kier alpha value is -1.96. The second-order valence-corrected chi connectivity index (χ2v) is 3.90. The molecule has 2 N–H and O–H groups in total. The lowest BCUT2D eigenvalue weighted by atomic mass is 9.93. The van der Waals surface area contributed by atoms with Gasteiger partial charge in [-0.25, -0.2) is 0 Å². The maximum absolute atomic E-state index is 9.21. The van der Waals surface area contributed by atoms with E-state index in [4.69, 9.17) is 0 Å². The summed E-state index contributed by atoms with van der Waals surface area (Å²) in [6, 6.07) is 14.4. The molecule has 0 aliphatic heterocycles. The summed E-state index contributed by atoms with van der Waals surface area (Å²) in [7, 11) is 0. The highest BCUT2D eigenvalue weighted by Crippen LogP contribution is 2.26. The third-order valence-corrected chi connectivity index (χ3v) is 2.79. The highest BCUT2D eigenvalue weighted by atomic mass is 16.3. The zero-order valence-electron chi connectivity index (χ0n) is 9.09. The first-order valence-corrected chi connectivity index (χ1v) is 5.24. The van der Waals surface area contributed by atoms with Crippen LogP contribution in [0.5, 0.6) is 11.5 Å². The fraction of sp³-hybridized carbons (Fsp3) is 0.143. The van der Waals surface area contributed by atoms with Gasteiger partial charge in [-0.2, -0.15) is 0 Å². The summed E-state index contributed by atoms with van der Waals surface area (Å²) in [6.45, 7) is 2.10. The second-order valence-electron chi connectivity index (χ2n) is 3.90. The SMILES string of the molecule is CC(c1ccc(O)cc1)c1ccc(O)cc1. The molecule has 0 radical (unpaired) electrons. The van der Waals surface area contributed by atoms with Gasteiger partial charge in [-0.05, 0) is 35.4 Å². The fourth-order valence-corrected chi connectivity index (χ4v) is 1.72. The molecule has 0 saturated heterocycles. The highest BCUT2D eigenvalue weighted by molar-refractivity contribution is 5.36. The van der Waals surface area contributed by atoms with Crippen LogP contribution in [0.2, 0.25) is 0 Å². The van der Waals surface area contributed by atoms with Crippen molar-refractivity contribution in [3.8, 4) is 11.5 Å². The Morgan fingerprint density at radius 2 is 1.00 bits per heavy atom. The summed E-state index contributed by atoms with van der Waals surface area (Å²) in [6.07, 6.45) is 0. The third-order valence-electron chi connectivity index (χ3n) is 2.79. The van der Waals surface area contributed by atoms with Gasteiger partial charge in [-0.1, -0.05) is 31.2 Å². The van der Waals surface area contributed by atoms with Gasteiger partial charge < -0.3 is 10.2 Å². The van der Waals surface area contributed by atoms with E-state index in [2.05, 4.69) is 6.92 Å². The zero-order chi connectivity index (χ0) is 11.5. The first-order valence-electron chi connectivity index (χ1n) is 5.24. The van der Waals surface area contributed by atoms with E-state index in [1.807, 2.05) is 24.3 Å². The monoisotopic (exact) mass is 214 g/mol. The highest BCUT2D eigenvalue weighted by Gasteiger charge is 2.07. The molecule has 0 aliphatic carbocycles. The van der Waals surface area contributed by atoms with Crippen LogP contribution in [0.15, 0.2) is 48.5 Å². The lowest BCUT2D eigenvalue weighted by Gasteiger charge is -2.12. The molecule has 2 aromatic carbocycles. The molecule has 16 heavy (non-hydrogen) atoms. The Bertz CT molecular complexity index is 412. The number of aromatic hydroxyl groups is 2. The predicted molar refractivity (Wildman–Crippen MR) is 63.7 cm³/mol. The Morgan fingerprint density at radius 3 is 1.31 bits per heavy atom. The zero-order valence-corrected chi connectivity index (χ0v) is 9.09. The molecule has 0 spiro atoms. The Balaban J connectivity index is 2.28. The Labute approximate surface area is 94.8 Å². The molecule has 0 atom stereocenters. The van der Waals surface area contributed by atoms with E-state index in [0.717, 1.165) is 11.1 Å². The van der Waals surface area contributed by atoms with Crippen molar-refractivity contribution >= 4 is 0 Å². The smallest absolute Gasteiger partial charge is 0.115 e. The average Bonchev–Trinajstić information content (AvgIpc) is 2.30. The molecule has 82 valence electrons. The standard InChI is InChI=1S/C14H14O2/c1-10(11-2-6-13(15)7-3-11)12-4-8-14(16)9-5-12/h2-10,15-16H,1H3. The van der Waals surface area contributed by atoms with Crippen LogP contribution in [0.3, 0.4) is 0 Å². The van der Waals surface area contributed by atoms with Crippen LogP contribution in [-0.4, -0.2) is 10.2 Å². The minimum Gasteiger partial charge on any atom is -0.508 e. The number of hydrogen-bond donors (Lipinski definition) is 2. The van der Waals surface area contributed by atoms with Crippen molar-refractivity contribution in [2.24, 2.45) is 0 Å². The number of phenolic OH excluding ortho intramolecular Hbond substituents is 2. The van der Waals surface area contributed by atoms with E-state index >= 15 is 0 Å². The molecule has 0 fully saturated rings. The lowest BCUT2D eigenvalue weighted by molar-refractivity contribution is 0.475. The Kier molecular flexibility index (Phi) is 2.82. The number of rotatable bonds is 2. The molecule has 2 nitrogen and oxygen atoms in total. The van der Waals surface area contributed by atoms with E-state index in [-0.39, 0.29) is 17.4 Å². The summed E-state index contributed by atoms with van der Waals surface area (Å²) < 4.78 is 0. The van der Waals surface area contributed by atoms with Crippen LogP contribution in [0.4, 0.5) is 0 Å². The van der Waals surface area contributed by atoms with E-state index in [1.54, 1.807) is 24.3 Å². The van der Waals surface area contributed by atoms with Crippen LogP contribution < -0.4 is 0 Å². The largest absolute Gasteiger partial charge is 0.508 e. The Morgan fingerprint density at radius 1 is 0.688 bits per heavy atom. The summed E-state index contributed by atoms with van der Waals surface area (Å²) in [5.41, 5.74) is 2.28. The maximum Gasteiger partial charge on any atom is 0.115 e. The van der Waals surface area contributed by atoms with Crippen molar-refractivity contribution in [1.29, 1.82) is 0 Å². The van der Waals surface area contributed by atoms with Crippen LogP contribution in [0.25, 0.3) is 0 Å². The normalized spacial score (nSPS) is 10.6. The first kappa shape index (κ1) is 10.6. The van der Waals surface area contributed by atoms with E-state index in [1.165, 1.54) is 0 Å². The van der Waals surface area contributed by atoms with Crippen LogP contribution >= 0.6 is 0 Å². The molecule has 0 heterocycles. The molecular weight excluding hydrogens is 200 g/mol. The van der Waals surface area contributed by atoms with Crippen molar-refractivity contribution in [3.63, 3.8) is 0 Å². The topological polar surface area (TPSA) is 40.5 Å². The quantitative estimate of drug-likeness (QED) is 0.805. The van der Waals surface area contributed by atoms with Gasteiger partial charge in [-0.3, -0.25) is 0 Å². The summed E-state index contributed by atoms with van der Waals surface area (Å²) >= 11 is 0. The van der Waals surface area contributed by atoms with Crippen LogP contribution in [0.1, 0.15) is 24.0 Å². The summed E-state index contributed by atoms with van der Waals surface area (Å²) in [4.78, 5) is 0. The fourth-order valence-electron chi connectivity index (χ4n) is 1.72. The number of phenols is 2. The van der Waals surface area contributed by atoms with Gasteiger partial charge in [0.1, 0.15) is 11.5 Å². The molecule has 0 aromatic heterocycles. The van der Waals surface area contributed by atoms with Crippen molar-refractivity contribution in [3.05, 3.63) is 59.7 Å². The molecule has 0 bridgehead atoms.